The van der Waals surface area contributed by atoms with E-state index < -0.39 is 16.6 Å². The highest BCUT2D eigenvalue weighted by Crippen LogP contribution is 2.51. The van der Waals surface area contributed by atoms with Gasteiger partial charge >= 0.3 is 0 Å². The fourth-order valence-corrected chi connectivity index (χ4v) is 19.2. The van der Waals surface area contributed by atoms with Gasteiger partial charge in [0.15, 0.2) is 0 Å². The highest BCUT2D eigenvalue weighted by molar-refractivity contribution is 6.99. The normalized spacial score (nSPS) is 23.5. The number of hydrogen-bond donors (Lipinski definition) is 1. The number of fused-ring (bicyclic) bond motifs is 1. The molecule has 3 nitrogen and oxygen atoms in total. The van der Waals surface area contributed by atoms with Gasteiger partial charge in [-0.3, -0.25) is 0 Å². The van der Waals surface area contributed by atoms with Gasteiger partial charge in [0.2, 0.25) is 8.32 Å². The van der Waals surface area contributed by atoms with Crippen LogP contribution in [-0.2, 0) is 8.85 Å². The highest BCUT2D eigenvalue weighted by Gasteiger charge is 2.51. The smallest absolute Gasteiger partial charge is 0.261 e. The molecule has 4 atom stereocenters. The number of benzene rings is 2. The summed E-state index contributed by atoms with van der Waals surface area (Å²) in [4.78, 5) is 0. The molecule has 5 heteroatoms. The molecule has 2 aromatic rings. The van der Waals surface area contributed by atoms with Crippen molar-refractivity contribution in [2.24, 2.45) is 11.8 Å². The summed E-state index contributed by atoms with van der Waals surface area (Å²) in [7, 11) is -4.62. The van der Waals surface area contributed by atoms with Crippen LogP contribution in [0.1, 0.15) is 101 Å². The van der Waals surface area contributed by atoms with E-state index in [9.17, 15) is 5.11 Å². The van der Waals surface area contributed by atoms with E-state index in [-0.39, 0.29) is 17.2 Å². The van der Waals surface area contributed by atoms with Crippen LogP contribution in [0.5, 0.6) is 0 Å². The van der Waals surface area contributed by atoms with Crippen molar-refractivity contribution >= 4 is 27.0 Å². The van der Waals surface area contributed by atoms with Gasteiger partial charge in [-0.25, -0.2) is 0 Å². The van der Waals surface area contributed by atoms with Crippen molar-refractivity contribution in [3.8, 4) is 0 Å². The summed E-state index contributed by atoms with van der Waals surface area (Å²) in [6.45, 7) is 24.4. The molecule has 2 aromatic carbocycles. The molecule has 0 saturated heterocycles. The van der Waals surface area contributed by atoms with E-state index in [4.69, 9.17) is 8.85 Å². The van der Waals surface area contributed by atoms with Crippen molar-refractivity contribution in [2.75, 3.05) is 6.61 Å². The Bertz CT molecular complexity index is 1140. The van der Waals surface area contributed by atoms with Crippen LogP contribution >= 0.6 is 0 Å². The van der Waals surface area contributed by atoms with E-state index in [1.807, 2.05) is 0 Å². The Balaban J connectivity index is 1.62. The van der Waals surface area contributed by atoms with Gasteiger partial charge in [-0.2, -0.15) is 0 Å². The molecule has 43 heavy (non-hydrogen) atoms. The molecule has 1 fully saturated rings. The van der Waals surface area contributed by atoms with Crippen LogP contribution in [0.4, 0.5) is 0 Å². The second kappa shape index (κ2) is 13.9. The first-order valence-corrected chi connectivity index (χ1v) is 21.1. The molecule has 1 N–H and O–H groups in total. The Kier molecular flexibility index (Phi) is 11.1. The molecule has 0 bridgehead atoms. The molecule has 0 amide bonds. The van der Waals surface area contributed by atoms with Gasteiger partial charge in [-0.05, 0) is 87.1 Å². The second-order valence-corrected chi connectivity index (χ2v) is 25.3. The quantitative estimate of drug-likeness (QED) is 0.146. The predicted octanol–water partition coefficient (Wildman–Crippen LogP) is 9.01. The lowest BCUT2D eigenvalue weighted by molar-refractivity contribution is 0.130. The summed E-state index contributed by atoms with van der Waals surface area (Å²) in [5.41, 5.74) is 4.40. The first-order valence-electron chi connectivity index (χ1n) is 17.1. The SMILES string of the molecule is CC(C)[Si](O[C@H]1C[C@H](C)C[C@@H]2C[C@H](O)C(CCCO[Si](c3ccccc3)(c3ccccc3)C(C)(C)C)=C21)(C(C)C)C(C)C. The molecular weight excluding hydrogens is 561 g/mol. The van der Waals surface area contributed by atoms with Gasteiger partial charge in [-0.1, -0.05) is 130 Å². The Morgan fingerprint density at radius 3 is 1.77 bits per heavy atom. The third-order valence-electron chi connectivity index (χ3n) is 10.8. The van der Waals surface area contributed by atoms with Gasteiger partial charge in [0.05, 0.1) is 12.2 Å². The van der Waals surface area contributed by atoms with Crippen LogP contribution in [0.3, 0.4) is 0 Å². The topological polar surface area (TPSA) is 38.7 Å². The van der Waals surface area contributed by atoms with Crippen molar-refractivity contribution in [1.29, 1.82) is 0 Å². The zero-order chi connectivity index (χ0) is 31.6. The number of hydrogen-bond acceptors (Lipinski definition) is 3. The standard InChI is InChI=1S/C38H60O3Si2/c1-27(2)42(28(3)4,29(5)6)41-36-25-30(7)24-31-26-35(39)34(37(31)36)22-17-23-40-43(38(8,9)10,32-18-13-11-14-19-32)33-20-15-12-16-21-33/h11-16,18-21,27-31,35-36,39H,17,22-26H2,1-10H3/t30-,31-,35+,36+/m1/s1. The molecule has 1 saturated carbocycles. The Hall–Kier alpha value is -1.51. The van der Waals surface area contributed by atoms with E-state index in [2.05, 4.69) is 130 Å². The second-order valence-electron chi connectivity index (χ2n) is 15.5. The summed E-state index contributed by atoms with van der Waals surface area (Å²) < 4.78 is 14.7. The Morgan fingerprint density at radius 1 is 0.791 bits per heavy atom. The number of aliphatic hydroxyl groups excluding tert-OH is 1. The van der Waals surface area contributed by atoms with Gasteiger partial charge in [0.1, 0.15) is 0 Å². The van der Waals surface area contributed by atoms with E-state index in [1.165, 1.54) is 27.9 Å². The maximum atomic E-state index is 11.5. The highest BCUT2D eigenvalue weighted by atomic mass is 28.4. The van der Waals surface area contributed by atoms with Crippen molar-refractivity contribution in [1.82, 2.24) is 0 Å². The van der Waals surface area contributed by atoms with Gasteiger partial charge < -0.3 is 14.0 Å². The van der Waals surface area contributed by atoms with Crippen LogP contribution in [0, 0.1) is 11.8 Å². The van der Waals surface area contributed by atoms with Crippen molar-refractivity contribution in [2.45, 2.75) is 135 Å². The zero-order valence-corrected chi connectivity index (χ0v) is 30.8. The monoisotopic (exact) mass is 620 g/mol. The molecule has 2 aliphatic carbocycles. The molecule has 0 heterocycles. The molecule has 0 radical (unpaired) electrons. The van der Waals surface area contributed by atoms with Gasteiger partial charge in [0.25, 0.3) is 8.32 Å². The average Bonchev–Trinajstić information content (AvgIpc) is 3.25. The van der Waals surface area contributed by atoms with Crippen LogP contribution in [0.2, 0.25) is 21.7 Å². The minimum atomic E-state index is -2.57. The van der Waals surface area contributed by atoms with E-state index in [1.54, 1.807) is 0 Å². The summed E-state index contributed by atoms with van der Waals surface area (Å²) in [5, 5.41) is 14.1. The van der Waals surface area contributed by atoms with Crippen molar-refractivity contribution in [3.05, 3.63) is 71.8 Å². The third-order valence-corrected chi connectivity index (χ3v) is 21.9. The maximum absolute atomic E-state index is 11.5. The van der Waals surface area contributed by atoms with Crippen molar-refractivity contribution < 1.29 is 14.0 Å². The molecule has 2 aliphatic rings. The summed E-state index contributed by atoms with van der Waals surface area (Å²) in [6.07, 6.45) is 4.73. The van der Waals surface area contributed by atoms with Crippen LogP contribution in [-0.4, -0.2) is 40.6 Å². The number of rotatable bonds is 12. The average molecular weight is 621 g/mol. The van der Waals surface area contributed by atoms with Gasteiger partial charge in [-0.15, -0.1) is 0 Å². The first kappa shape index (κ1) is 34.4. The molecule has 238 valence electrons. The van der Waals surface area contributed by atoms with Crippen LogP contribution in [0.25, 0.3) is 0 Å². The van der Waals surface area contributed by atoms with Gasteiger partial charge in [0, 0.05) is 6.61 Å². The molecule has 0 unspecified atom stereocenters. The Morgan fingerprint density at radius 2 is 1.30 bits per heavy atom. The van der Waals surface area contributed by atoms with Crippen molar-refractivity contribution in [3.63, 3.8) is 0 Å². The maximum Gasteiger partial charge on any atom is 0.261 e. The third kappa shape index (κ3) is 6.72. The molecule has 0 aromatic heterocycles. The predicted molar refractivity (Wildman–Crippen MR) is 188 cm³/mol. The zero-order valence-electron chi connectivity index (χ0n) is 28.8. The molecule has 0 spiro atoms. The number of aliphatic hydroxyl groups is 1. The van der Waals surface area contributed by atoms with E-state index in [0.29, 0.717) is 35.1 Å². The molecular formula is C38H60O3Si2. The summed E-state index contributed by atoms with van der Waals surface area (Å²) in [5.74, 6) is 1.08. The van der Waals surface area contributed by atoms with Crippen LogP contribution < -0.4 is 10.4 Å². The first-order chi connectivity index (χ1) is 20.3. The largest absolute Gasteiger partial charge is 0.409 e. The van der Waals surface area contributed by atoms with Crippen LogP contribution in [0.15, 0.2) is 71.8 Å². The lowest BCUT2D eigenvalue weighted by Crippen LogP contribution is -2.66. The fraction of sp³-hybridized carbons (Fsp3) is 0.632. The summed E-state index contributed by atoms with van der Waals surface area (Å²) in [6, 6.07) is 21.8. The molecule has 4 rings (SSSR count). The van der Waals surface area contributed by atoms with E-state index in [0.717, 1.165) is 25.7 Å². The molecule has 0 aliphatic heterocycles. The fourth-order valence-electron chi connectivity index (χ4n) is 9.09. The lowest BCUT2D eigenvalue weighted by atomic mass is 9.77. The van der Waals surface area contributed by atoms with E-state index >= 15 is 0 Å². The summed E-state index contributed by atoms with van der Waals surface area (Å²) >= 11 is 0. The Labute approximate surface area is 265 Å². The minimum absolute atomic E-state index is 0.0352. The minimum Gasteiger partial charge on any atom is -0.409 e. The lowest BCUT2D eigenvalue weighted by Gasteiger charge is -2.47.